The van der Waals surface area contributed by atoms with Crippen LogP contribution in [0.2, 0.25) is 0 Å². The van der Waals surface area contributed by atoms with E-state index in [0.29, 0.717) is 13.0 Å². The van der Waals surface area contributed by atoms with Gasteiger partial charge in [-0.1, -0.05) is 0 Å². The van der Waals surface area contributed by atoms with Crippen molar-refractivity contribution in [2.75, 3.05) is 13.1 Å². The first-order chi connectivity index (χ1) is 9.90. The second-order valence-electron chi connectivity index (χ2n) is 5.07. The van der Waals surface area contributed by atoms with Gasteiger partial charge in [0.15, 0.2) is 11.6 Å². The number of aromatic hydroxyl groups is 1. The molecule has 1 saturated heterocycles. The zero-order valence-corrected chi connectivity index (χ0v) is 11.5. The molecule has 1 aromatic rings. The number of nitrogens with zero attached hydrogens (tertiary/aromatic N) is 1. The second kappa shape index (κ2) is 6.07. The monoisotopic (exact) mass is 298 g/mol. The second-order valence-corrected chi connectivity index (χ2v) is 5.07. The van der Waals surface area contributed by atoms with E-state index in [1.54, 1.807) is 11.8 Å². The summed E-state index contributed by atoms with van der Waals surface area (Å²) in [5.41, 5.74) is -0.824. The topological polar surface area (TPSA) is 69.6 Å². The largest absolute Gasteiger partial charge is 0.505 e. The first-order valence-corrected chi connectivity index (χ1v) is 6.65. The number of benzene rings is 1. The van der Waals surface area contributed by atoms with Crippen LogP contribution < -0.4 is 5.32 Å². The Bertz CT molecular complexity index is 578. The number of carbonyl (C=O) groups excluding carboxylic acids is 2. The van der Waals surface area contributed by atoms with E-state index in [0.717, 1.165) is 18.6 Å². The number of phenolic OH excluding ortho intramolecular Hbond substituents is 1. The molecular formula is C14H16F2N2O3. The van der Waals surface area contributed by atoms with Gasteiger partial charge in [-0.05, 0) is 25.5 Å². The summed E-state index contributed by atoms with van der Waals surface area (Å²) in [6, 6.07) is 1.20. The number of amides is 2. The highest BCUT2D eigenvalue weighted by atomic mass is 19.1. The fourth-order valence-corrected chi connectivity index (χ4v) is 2.32. The molecule has 1 aromatic carbocycles. The van der Waals surface area contributed by atoms with Crippen molar-refractivity contribution in [1.82, 2.24) is 10.2 Å². The summed E-state index contributed by atoms with van der Waals surface area (Å²) in [5.74, 6) is -4.08. The molecule has 0 spiro atoms. The average Bonchev–Trinajstić information content (AvgIpc) is 2.80. The Morgan fingerprint density at radius 2 is 2.19 bits per heavy atom. The van der Waals surface area contributed by atoms with Crippen molar-refractivity contribution in [2.45, 2.75) is 25.8 Å². The molecule has 2 N–H and O–H groups in total. The molecular weight excluding hydrogens is 282 g/mol. The molecule has 2 amide bonds. The quantitative estimate of drug-likeness (QED) is 0.883. The number of nitrogens with one attached hydrogen (secondary N) is 1. The number of carbonyl (C=O) groups is 2. The van der Waals surface area contributed by atoms with Gasteiger partial charge < -0.3 is 15.3 Å². The van der Waals surface area contributed by atoms with Crippen LogP contribution >= 0.6 is 0 Å². The van der Waals surface area contributed by atoms with Gasteiger partial charge in [0, 0.05) is 25.6 Å². The highest BCUT2D eigenvalue weighted by Crippen LogP contribution is 2.21. The van der Waals surface area contributed by atoms with Gasteiger partial charge in [0.1, 0.15) is 11.4 Å². The maximum Gasteiger partial charge on any atom is 0.257 e. The standard InChI is InChI=1S/C14H16F2N2O3/c1-8(7-18-6-2-3-11(18)20)17-14(21)12-9(15)4-5-10(19)13(12)16/h4-5,8,19H,2-3,6-7H2,1H3,(H,17,21). The van der Waals surface area contributed by atoms with Crippen molar-refractivity contribution in [3.05, 3.63) is 29.3 Å². The molecule has 1 fully saturated rings. The average molecular weight is 298 g/mol. The van der Waals surface area contributed by atoms with E-state index in [-0.39, 0.29) is 12.5 Å². The maximum absolute atomic E-state index is 13.6. The van der Waals surface area contributed by atoms with Gasteiger partial charge in [-0.3, -0.25) is 9.59 Å². The fraction of sp³-hybridized carbons (Fsp3) is 0.429. The number of halogens is 2. The van der Waals surface area contributed by atoms with Crippen molar-refractivity contribution >= 4 is 11.8 Å². The van der Waals surface area contributed by atoms with Crippen LogP contribution in [0.1, 0.15) is 30.1 Å². The molecule has 1 atom stereocenters. The number of phenols is 1. The van der Waals surface area contributed by atoms with E-state index < -0.39 is 34.9 Å². The Morgan fingerprint density at radius 3 is 2.81 bits per heavy atom. The Balaban J connectivity index is 2.04. The number of likely N-dealkylation sites (tertiary alicyclic amines) is 1. The summed E-state index contributed by atoms with van der Waals surface area (Å²) < 4.78 is 27.1. The predicted octanol–water partition coefficient (Wildman–Crippen LogP) is 1.41. The SMILES string of the molecule is CC(CN1CCCC1=O)NC(=O)c1c(F)ccc(O)c1F. The molecule has 21 heavy (non-hydrogen) atoms. The summed E-state index contributed by atoms with van der Waals surface area (Å²) in [7, 11) is 0. The molecule has 1 aliphatic heterocycles. The minimum atomic E-state index is -1.29. The summed E-state index contributed by atoms with van der Waals surface area (Å²) in [6.07, 6.45) is 1.26. The van der Waals surface area contributed by atoms with E-state index in [1.165, 1.54) is 0 Å². The van der Waals surface area contributed by atoms with Crippen LogP contribution in [-0.4, -0.2) is 41.0 Å². The highest BCUT2D eigenvalue weighted by molar-refractivity contribution is 5.95. The summed E-state index contributed by atoms with van der Waals surface area (Å²) in [5, 5.41) is 11.6. The van der Waals surface area contributed by atoms with Crippen molar-refractivity contribution in [3.63, 3.8) is 0 Å². The maximum atomic E-state index is 13.6. The number of hydrogen-bond donors (Lipinski definition) is 2. The Morgan fingerprint density at radius 1 is 1.48 bits per heavy atom. The Kier molecular flexibility index (Phi) is 4.40. The summed E-state index contributed by atoms with van der Waals surface area (Å²) in [6.45, 7) is 2.54. The van der Waals surface area contributed by atoms with Gasteiger partial charge in [0.25, 0.3) is 5.91 Å². The third-order valence-electron chi connectivity index (χ3n) is 3.34. The molecule has 5 nitrogen and oxygen atoms in total. The van der Waals surface area contributed by atoms with Gasteiger partial charge in [-0.15, -0.1) is 0 Å². The molecule has 7 heteroatoms. The van der Waals surface area contributed by atoms with Crippen LogP contribution in [0.3, 0.4) is 0 Å². The summed E-state index contributed by atoms with van der Waals surface area (Å²) >= 11 is 0. The molecule has 0 saturated carbocycles. The van der Waals surface area contributed by atoms with Crippen LogP contribution in [0, 0.1) is 11.6 Å². The van der Waals surface area contributed by atoms with E-state index in [2.05, 4.69) is 5.32 Å². The zero-order chi connectivity index (χ0) is 15.6. The Labute approximate surface area is 120 Å². The smallest absolute Gasteiger partial charge is 0.257 e. The lowest BCUT2D eigenvalue weighted by molar-refractivity contribution is -0.127. The van der Waals surface area contributed by atoms with Crippen molar-refractivity contribution < 1.29 is 23.5 Å². The third kappa shape index (κ3) is 3.29. The van der Waals surface area contributed by atoms with Gasteiger partial charge in [0.2, 0.25) is 5.91 Å². The van der Waals surface area contributed by atoms with Crippen LogP contribution in [0.15, 0.2) is 12.1 Å². The molecule has 2 rings (SSSR count). The lowest BCUT2D eigenvalue weighted by atomic mass is 10.1. The molecule has 0 bridgehead atoms. The van der Waals surface area contributed by atoms with E-state index in [1.807, 2.05) is 0 Å². The molecule has 1 unspecified atom stereocenters. The van der Waals surface area contributed by atoms with Gasteiger partial charge in [-0.2, -0.15) is 0 Å². The Hall–Kier alpha value is -2.18. The first kappa shape index (κ1) is 15.2. The minimum Gasteiger partial charge on any atom is -0.505 e. The third-order valence-corrected chi connectivity index (χ3v) is 3.34. The minimum absolute atomic E-state index is 0.00538. The molecule has 0 aromatic heterocycles. The van der Waals surface area contributed by atoms with Crippen LogP contribution in [-0.2, 0) is 4.79 Å². The fourth-order valence-electron chi connectivity index (χ4n) is 2.32. The number of rotatable bonds is 4. The van der Waals surface area contributed by atoms with Crippen molar-refractivity contribution in [1.29, 1.82) is 0 Å². The first-order valence-electron chi connectivity index (χ1n) is 6.65. The van der Waals surface area contributed by atoms with E-state index in [4.69, 9.17) is 0 Å². The summed E-state index contributed by atoms with van der Waals surface area (Å²) in [4.78, 5) is 25.0. The van der Waals surface area contributed by atoms with Crippen LogP contribution in [0.25, 0.3) is 0 Å². The number of hydrogen-bond acceptors (Lipinski definition) is 3. The van der Waals surface area contributed by atoms with Gasteiger partial charge in [0.05, 0.1) is 0 Å². The molecule has 1 heterocycles. The van der Waals surface area contributed by atoms with Gasteiger partial charge in [-0.25, -0.2) is 8.78 Å². The van der Waals surface area contributed by atoms with E-state index in [9.17, 15) is 23.5 Å². The molecule has 0 aliphatic carbocycles. The van der Waals surface area contributed by atoms with Crippen molar-refractivity contribution in [3.8, 4) is 5.75 Å². The molecule has 0 radical (unpaired) electrons. The van der Waals surface area contributed by atoms with Crippen LogP contribution in [0.4, 0.5) is 8.78 Å². The van der Waals surface area contributed by atoms with Crippen molar-refractivity contribution in [2.24, 2.45) is 0 Å². The predicted molar refractivity (Wildman–Crippen MR) is 70.8 cm³/mol. The lowest BCUT2D eigenvalue weighted by Crippen LogP contribution is -2.42. The zero-order valence-electron chi connectivity index (χ0n) is 11.5. The molecule has 1 aliphatic rings. The molecule has 114 valence electrons. The highest BCUT2D eigenvalue weighted by Gasteiger charge is 2.25. The van der Waals surface area contributed by atoms with Crippen LogP contribution in [0.5, 0.6) is 5.75 Å². The van der Waals surface area contributed by atoms with E-state index >= 15 is 0 Å². The normalized spacial score (nSPS) is 16.1. The van der Waals surface area contributed by atoms with Gasteiger partial charge >= 0.3 is 0 Å². The lowest BCUT2D eigenvalue weighted by Gasteiger charge is -2.21.